The van der Waals surface area contributed by atoms with E-state index in [-0.39, 0.29) is 0 Å². The third-order valence-corrected chi connectivity index (χ3v) is 5.15. The molecule has 0 spiro atoms. The molecular formula is C17H17ClO2S. The Morgan fingerprint density at radius 2 is 2.14 bits per heavy atom. The number of rotatable bonds is 4. The van der Waals surface area contributed by atoms with Gasteiger partial charge in [-0.1, -0.05) is 29.8 Å². The Labute approximate surface area is 134 Å². The highest BCUT2D eigenvalue weighted by Crippen LogP contribution is 2.40. The predicted molar refractivity (Wildman–Crippen MR) is 87.5 cm³/mol. The van der Waals surface area contributed by atoms with Gasteiger partial charge in [-0.3, -0.25) is 0 Å². The van der Waals surface area contributed by atoms with Crippen molar-refractivity contribution in [3.8, 4) is 5.75 Å². The van der Waals surface area contributed by atoms with Crippen LogP contribution in [0.2, 0.25) is 5.02 Å². The maximum Gasteiger partial charge on any atom is 0.125 e. The van der Waals surface area contributed by atoms with Crippen LogP contribution in [0.5, 0.6) is 5.75 Å². The number of hydrogen-bond donors (Lipinski definition) is 1. The van der Waals surface area contributed by atoms with Crippen molar-refractivity contribution in [3.63, 3.8) is 0 Å². The Balaban J connectivity index is 1.75. The molecule has 1 N–H and O–H groups in total. The van der Waals surface area contributed by atoms with Crippen LogP contribution in [0, 0.1) is 0 Å². The minimum Gasteiger partial charge on any atom is -0.493 e. The molecule has 4 heteroatoms. The van der Waals surface area contributed by atoms with Gasteiger partial charge >= 0.3 is 0 Å². The van der Waals surface area contributed by atoms with Crippen molar-refractivity contribution in [2.45, 2.75) is 23.8 Å². The van der Waals surface area contributed by atoms with Gasteiger partial charge in [0.2, 0.25) is 0 Å². The van der Waals surface area contributed by atoms with E-state index in [9.17, 15) is 5.11 Å². The molecule has 0 fully saturated rings. The van der Waals surface area contributed by atoms with Gasteiger partial charge < -0.3 is 9.84 Å². The molecule has 2 aromatic carbocycles. The lowest BCUT2D eigenvalue weighted by Gasteiger charge is -2.17. The van der Waals surface area contributed by atoms with Gasteiger partial charge in [-0.15, -0.1) is 11.8 Å². The van der Waals surface area contributed by atoms with Crippen LogP contribution < -0.4 is 4.74 Å². The predicted octanol–water partition coefficient (Wildman–Crippen LogP) is 4.66. The van der Waals surface area contributed by atoms with Gasteiger partial charge in [0, 0.05) is 27.2 Å². The molecule has 2 nitrogen and oxygen atoms in total. The molecular weight excluding hydrogens is 304 g/mol. The van der Waals surface area contributed by atoms with E-state index in [4.69, 9.17) is 16.3 Å². The monoisotopic (exact) mass is 320 g/mol. The minimum absolute atomic E-state index is 0.392. The Hall–Kier alpha value is -1.16. The van der Waals surface area contributed by atoms with E-state index in [1.165, 1.54) is 10.5 Å². The maximum atomic E-state index is 9.84. The molecule has 0 aliphatic carbocycles. The summed E-state index contributed by atoms with van der Waals surface area (Å²) in [5.74, 6) is 2.14. The number of ether oxygens (including phenoxy) is 1. The molecule has 0 radical (unpaired) electrons. The molecule has 1 aliphatic heterocycles. The highest BCUT2D eigenvalue weighted by molar-refractivity contribution is 7.99. The van der Waals surface area contributed by atoms with E-state index in [0.29, 0.717) is 23.3 Å². The van der Waals surface area contributed by atoms with Crippen molar-refractivity contribution < 1.29 is 9.84 Å². The van der Waals surface area contributed by atoms with Crippen LogP contribution in [0.15, 0.2) is 47.4 Å². The van der Waals surface area contributed by atoms with Crippen molar-refractivity contribution in [1.29, 1.82) is 0 Å². The third kappa shape index (κ3) is 3.20. The number of halogens is 1. The van der Waals surface area contributed by atoms with Gasteiger partial charge in [-0.25, -0.2) is 0 Å². The fourth-order valence-corrected chi connectivity index (χ4v) is 3.95. The number of benzene rings is 2. The Kier molecular flexibility index (Phi) is 4.43. The fraction of sp³-hybridized carbons (Fsp3) is 0.294. The second-order valence-corrected chi connectivity index (χ2v) is 6.71. The molecule has 2 atom stereocenters. The lowest BCUT2D eigenvalue weighted by atomic mass is 10.0. The number of fused-ring (bicyclic) bond motifs is 1. The first-order valence-electron chi connectivity index (χ1n) is 6.97. The number of aliphatic hydroxyl groups excluding tert-OH is 1. The molecule has 0 amide bonds. The summed E-state index contributed by atoms with van der Waals surface area (Å²) >= 11 is 7.86. The summed E-state index contributed by atoms with van der Waals surface area (Å²) in [6, 6.07) is 13.8. The fourth-order valence-electron chi connectivity index (χ4n) is 2.53. The summed E-state index contributed by atoms with van der Waals surface area (Å²) < 4.78 is 5.96. The Bertz CT molecular complexity index is 642. The molecule has 21 heavy (non-hydrogen) atoms. The molecule has 0 bridgehead atoms. The molecule has 1 aliphatic rings. The lowest BCUT2D eigenvalue weighted by Crippen LogP contribution is -2.11. The first-order chi connectivity index (χ1) is 10.1. The van der Waals surface area contributed by atoms with Crippen molar-refractivity contribution in [1.82, 2.24) is 0 Å². The Morgan fingerprint density at radius 1 is 1.33 bits per heavy atom. The van der Waals surface area contributed by atoms with E-state index in [0.717, 1.165) is 11.3 Å². The molecule has 0 aromatic heterocycles. The summed E-state index contributed by atoms with van der Waals surface area (Å²) in [7, 11) is 0. The van der Waals surface area contributed by atoms with Gasteiger partial charge in [-0.2, -0.15) is 0 Å². The third-order valence-electron chi connectivity index (χ3n) is 3.66. The van der Waals surface area contributed by atoms with Crippen LogP contribution in [0.25, 0.3) is 0 Å². The van der Waals surface area contributed by atoms with Crippen molar-refractivity contribution in [3.05, 3.63) is 58.6 Å². The van der Waals surface area contributed by atoms with Crippen molar-refractivity contribution >= 4 is 23.4 Å². The van der Waals surface area contributed by atoms with Crippen LogP contribution in [-0.2, 0) is 0 Å². The van der Waals surface area contributed by atoms with E-state index < -0.39 is 6.10 Å². The molecule has 2 aromatic rings. The second kappa shape index (κ2) is 6.30. The van der Waals surface area contributed by atoms with Gasteiger partial charge in [0.1, 0.15) is 5.75 Å². The van der Waals surface area contributed by atoms with Gasteiger partial charge in [0.15, 0.2) is 0 Å². The lowest BCUT2D eigenvalue weighted by molar-refractivity contribution is 0.190. The summed E-state index contributed by atoms with van der Waals surface area (Å²) in [6.45, 7) is 2.34. The van der Waals surface area contributed by atoms with E-state index in [1.807, 2.05) is 17.8 Å². The van der Waals surface area contributed by atoms with Crippen LogP contribution in [-0.4, -0.2) is 17.5 Å². The quantitative estimate of drug-likeness (QED) is 0.888. The molecule has 3 rings (SSSR count). The zero-order chi connectivity index (χ0) is 14.8. The van der Waals surface area contributed by atoms with E-state index in [2.05, 4.69) is 24.3 Å². The number of aliphatic hydroxyl groups is 1. The highest BCUT2D eigenvalue weighted by Gasteiger charge is 2.23. The van der Waals surface area contributed by atoms with Gasteiger partial charge in [-0.05, 0) is 36.8 Å². The zero-order valence-electron chi connectivity index (χ0n) is 11.8. The first-order valence-corrected chi connectivity index (χ1v) is 8.33. The first kappa shape index (κ1) is 14.8. The van der Waals surface area contributed by atoms with Crippen LogP contribution in [0.3, 0.4) is 0 Å². The molecule has 1 unspecified atom stereocenters. The molecule has 0 saturated carbocycles. The molecule has 110 valence electrons. The number of hydrogen-bond acceptors (Lipinski definition) is 3. The summed E-state index contributed by atoms with van der Waals surface area (Å²) in [4.78, 5) is 1.35. The standard InChI is InChI=1S/C17H17ClO2S/c1-11(19)15-8-13(18)6-7-16(15)20-9-12-10-21-17-5-3-2-4-14(12)17/h2-8,11-12,19H,9-10H2,1H3/t11-,12?/m1/s1. The maximum absolute atomic E-state index is 9.84. The summed E-state index contributed by atoms with van der Waals surface area (Å²) in [5, 5.41) is 10.4. The summed E-state index contributed by atoms with van der Waals surface area (Å²) in [5.41, 5.74) is 2.09. The number of thioether (sulfide) groups is 1. The van der Waals surface area contributed by atoms with E-state index in [1.54, 1.807) is 19.1 Å². The average Bonchev–Trinajstić information content (AvgIpc) is 2.89. The van der Waals surface area contributed by atoms with Crippen LogP contribution >= 0.6 is 23.4 Å². The topological polar surface area (TPSA) is 29.5 Å². The van der Waals surface area contributed by atoms with Crippen LogP contribution in [0.1, 0.15) is 30.1 Å². The van der Waals surface area contributed by atoms with Gasteiger partial charge in [0.05, 0.1) is 12.7 Å². The van der Waals surface area contributed by atoms with Crippen molar-refractivity contribution in [2.24, 2.45) is 0 Å². The van der Waals surface area contributed by atoms with Gasteiger partial charge in [0.25, 0.3) is 0 Å². The zero-order valence-corrected chi connectivity index (χ0v) is 13.3. The summed E-state index contributed by atoms with van der Waals surface area (Å²) in [6.07, 6.45) is -0.594. The van der Waals surface area contributed by atoms with E-state index >= 15 is 0 Å². The van der Waals surface area contributed by atoms with Crippen molar-refractivity contribution in [2.75, 3.05) is 12.4 Å². The molecule has 0 saturated heterocycles. The largest absolute Gasteiger partial charge is 0.493 e. The SMILES string of the molecule is C[C@@H](O)c1cc(Cl)ccc1OCC1CSc2ccccc21. The normalized spacial score (nSPS) is 18.3. The van der Waals surface area contributed by atoms with Crippen LogP contribution in [0.4, 0.5) is 0 Å². The average molecular weight is 321 g/mol. The minimum atomic E-state index is -0.594. The second-order valence-electron chi connectivity index (χ2n) is 5.21. The smallest absolute Gasteiger partial charge is 0.125 e. The highest BCUT2D eigenvalue weighted by atomic mass is 35.5. The Morgan fingerprint density at radius 3 is 2.95 bits per heavy atom. The molecule has 1 heterocycles.